The molecular formula is C18H22N6. The van der Waals surface area contributed by atoms with Gasteiger partial charge in [0.1, 0.15) is 24.3 Å². The van der Waals surface area contributed by atoms with Crippen LogP contribution in [0.1, 0.15) is 37.1 Å². The van der Waals surface area contributed by atoms with Crippen LogP contribution in [0.4, 0.5) is 5.82 Å². The Bertz CT molecular complexity index is 842. The molecule has 0 aliphatic carbocycles. The standard InChI is InChI=1S/C18H22N6/c1-3-23-12-21-22-17(23)14-7-9-24(10-8-14)18-16-13(2)5-4-6-15(16)19-11-20-18/h4-6,11-12,14H,3,7-10H2,1-2H3. The van der Waals surface area contributed by atoms with Crippen molar-refractivity contribution in [2.24, 2.45) is 0 Å². The van der Waals surface area contributed by atoms with Crippen molar-refractivity contribution in [3.63, 3.8) is 0 Å². The van der Waals surface area contributed by atoms with Crippen molar-refractivity contribution in [1.29, 1.82) is 0 Å². The SMILES string of the molecule is CCn1cnnc1C1CCN(c2ncnc3cccc(C)c23)CC1. The number of hydrogen-bond donors (Lipinski definition) is 0. The van der Waals surface area contributed by atoms with Crippen LogP contribution in [0.5, 0.6) is 0 Å². The lowest BCUT2D eigenvalue weighted by atomic mass is 9.95. The highest BCUT2D eigenvalue weighted by Gasteiger charge is 2.26. The Balaban J connectivity index is 1.59. The van der Waals surface area contributed by atoms with E-state index in [0.29, 0.717) is 5.92 Å². The molecule has 2 aromatic heterocycles. The molecule has 0 radical (unpaired) electrons. The molecule has 24 heavy (non-hydrogen) atoms. The average Bonchev–Trinajstić information content (AvgIpc) is 3.10. The fraction of sp³-hybridized carbons (Fsp3) is 0.444. The van der Waals surface area contributed by atoms with E-state index in [4.69, 9.17) is 0 Å². The van der Waals surface area contributed by atoms with E-state index in [1.54, 1.807) is 6.33 Å². The van der Waals surface area contributed by atoms with Gasteiger partial charge in [-0.05, 0) is 38.3 Å². The van der Waals surface area contributed by atoms with Crippen LogP contribution in [-0.4, -0.2) is 37.8 Å². The molecule has 0 atom stereocenters. The van der Waals surface area contributed by atoms with Gasteiger partial charge in [0.05, 0.1) is 5.52 Å². The molecule has 1 fully saturated rings. The lowest BCUT2D eigenvalue weighted by Gasteiger charge is -2.33. The number of fused-ring (bicyclic) bond motifs is 1. The first-order valence-corrected chi connectivity index (χ1v) is 8.61. The van der Waals surface area contributed by atoms with Crippen LogP contribution in [0.25, 0.3) is 10.9 Å². The van der Waals surface area contributed by atoms with E-state index in [2.05, 4.69) is 61.7 Å². The van der Waals surface area contributed by atoms with Gasteiger partial charge in [-0.3, -0.25) is 0 Å². The van der Waals surface area contributed by atoms with Crippen LogP contribution in [-0.2, 0) is 6.54 Å². The zero-order valence-electron chi connectivity index (χ0n) is 14.2. The van der Waals surface area contributed by atoms with Crippen molar-refractivity contribution in [2.45, 2.75) is 39.2 Å². The number of aromatic nitrogens is 5. The summed E-state index contributed by atoms with van der Waals surface area (Å²) in [6.45, 7) is 7.17. The Morgan fingerprint density at radius 3 is 2.79 bits per heavy atom. The molecule has 0 bridgehead atoms. The Labute approximate surface area is 141 Å². The summed E-state index contributed by atoms with van der Waals surface area (Å²) in [5.41, 5.74) is 2.25. The first-order valence-electron chi connectivity index (χ1n) is 8.61. The summed E-state index contributed by atoms with van der Waals surface area (Å²) in [7, 11) is 0. The van der Waals surface area contributed by atoms with Crippen LogP contribution in [0.2, 0.25) is 0 Å². The summed E-state index contributed by atoms with van der Waals surface area (Å²) in [5.74, 6) is 2.67. The maximum atomic E-state index is 4.59. The molecule has 1 aliphatic rings. The minimum atomic E-state index is 0.484. The lowest BCUT2D eigenvalue weighted by Crippen LogP contribution is -2.34. The van der Waals surface area contributed by atoms with Gasteiger partial charge in [-0.25, -0.2) is 9.97 Å². The van der Waals surface area contributed by atoms with Gasteiger partial charge in [0.15, 0.2) is 0 Å². The van der Waals surface area contributed by atoms with Gasteiger partial charge in [-0.2, -0.15) is 0 Å². The molecule has 3 heterocycles. The zero-order valence-corrected chi connectivity index (χ0v) is 14.2. The third-order valence-corrected chi connectivity index (χ3v) is 5.00. The van der Waals surface area contributed by atoms with Crippen molar-refractivity contribution in [2.75, 3.05) is 18.0 Å². The topological polar surface area (TPSA) is 59.7 Å². The fourth-order valence-electron chi connectivity index (χ4n) is 3.67. The monoisotopic (exact) mass is 322 g/mol. The van der Waals surface area contributed by atoms with E-state index < -0.39 is 0 Å². The van der Waals surface area contributed by atoms with Gasteiger partial charge >= 0.3 is 0 Å². The van der Waals surface area contributed by atoms with E-state index in [-0.39, 0.29) is 0 Å². The quantitative estimate of drug-likeness (QED) is 0.742. The Morgan fingerprint density at radius 1 is 1.17 bits per heavy atom. The molecule has 0 spiro atoms. The Morgan fingerprint density at radius 2 is 2.00 bits per heavy atom. The van der Waals surface area contributed by atoms with Gasteiger partial charge in [0.2, 0.25) is 0 Å². The van der Waals surface area contributed by atoms with E-state index in [0.717, 1.165) is 49.6 Å². The highest BCUT2D eigenvalue weighted by atomic mass is 15.3. The van der Waals surface area contributed by atoms with Crippen molar-refractivity contribution in [3.05, 3.63) is 42.2 Å². The predicted octanol–water partition coefficient (Wildman–Crippen LogP) is 2.93. The van der Waals surface area contributed by atoms with Crippen LogP contribution < -0.4 is 4.90 Å². The third-order valence-electron chi connectivity index (χ3n) is 5.00. The number of nitrogens with zero attached hydrogens (tertiary/aromatic N) is 6. The van der Waals surface area contributed by atoms with Crippen molar-refractivity contribution < 1.29 is 0 Å². The molecule has 0 amide bonds. The van der Waals surface area contributed by atoms with Crippen LogP contribution in [0.3, 0.4) is 0 Å². The van der Waals surface area contributed by atoms with Gasteiger partial charge in [0.25, 0.3) is 0 Å². The van der Waals surface area contributed by atoms with Crippen LogP contribution in [0, 0.1) is 6.92 Å². The number of aryl methyl sites for hydroxylation is 2. The summed E-state index contributed by atoms with van der Waals surface area (Å²) in [4.78, 5) is 11.4. The molecule has 0 saturated carbocycles. The molecule has 0 N–H and O–H groups in total. The molecule has 6 heteroatoms. The van der Waals surface area contributed by atoms with Crippen LogP contribution >= 0.6 is 0 Å². The van der Waals surface area contributed by atoms with Gasteiger partial charge in [0, 0.05) is 30.9 Å². The van der Waals surface area contributed by atoms with Gasteiger partial charge in [-0.15, -0.1) is 10.2 Å². The summed E-state index contributed by atoms with van der Waals surface area (Å²) in [5, 5.41) is 9.59. The number of rotatable bonds is 3. The van der Waals surface area contributed by atoms with E-state index >= 15 is 0 Å². The highest BCUT2D eigenvalue weighted by Crippen LogP contribution is 2.32. The Kier molecular flexibility index (Phi) is 3.88. The number of hydrogen-bond acceptors (Lipinski definition) is 5. The summed E-state index contributed by atoms with van der Waals surface area (Å²) < 4.78 is 2.16. The first kappa shape index (κ1) is 15.1. The van der Waals surface area contributed by atoms with E-state index in [9.17, 15) is 0 Å². The number of piperidine rings is 1. The molecule has 1 aromatic carbocycles. The van der Waals surface area contributed by atoms with Crippen molar-refractivity contribution in [1.82, 2.24) is 24.7 Å². The zero-order chi connectivity index (χ0) is 16.5. The first-order chi connectivity index (χ1) is 11.8. The molecule has 3 aromatic rings. The minimum Gasteiger partial charge on any atom is -0.356 e. The second-order valence-corrected chi connectivity index (χ2v) is 6.40. The molecule has 6 nitrogen and oxygen atoms in total. The maximum absolute atomic E-state index is 4.59. The van der Waals surface area contributed by atoms with E-state index in [1.807, 2.05) is 6.33 Å². The normalized spacial score (nSPS) is 16.0. The fourth-order valence-corrected chi connectivity index (χ4v) is 3.67. The molecule has 1 saturated heterocycles. The van der Waals surface area contributed by atoms with Crippen molar-refractivity contribution >= 4 is 16.7 Å². The largest absolute Gasteiger partial charge is 0.356 e. The minimum absolute atomic E-state index is 0.484. The molecule has 0 unspecified atom stereocenters. The molecule has 1 aliphatic heterocycles. The van der Waals surface area contributed by atoms with E-state index in [1.165, 1.54) is 10.9 Å². The molecule has 4 rings (SSSR count). The van der Waals surface area contributed by atoms with Gasteiger partial charge in [-0.1, -0.05) is 12.1 Å². The lowest BCUT2D eigenvalue weighted by molar-refractivity contribution is 0.466. The predicted molar refractivity (Wildman–Crippen MR) is 94.2 cm³/mol. The molecular weight excluding hydrogens is 300 g/mol. The number of benzene rings is 1. The maximum Gasteiger partial charge on any atom is 0.140 e. The third kappa shape index (κ3) is 2.52. The molecule has 124 valence electrons. The summed E-state index contributed by atoms with van der Waals surface area (Å²) >= 11 is 0. The van der Waals surface area contributed by atoms with Gasteiger partial charge < -0.3 is 9.47 Å². The van der Waals surface area contributed by atoms with Crippen LogP contribution in [0.15, 0.2) is 30.9 Å². The second kappa shape index (κ2) is 6.19. The number of anilines is 1. The highest BCUT2D eigenvalue weighted by molar-refractivity contribution is 5.92. The smallest absolute Gasteiger partial charge is 0.140 e. The average molecular weight is 322 g/mol. The van der Waals surface area contributed by atoms with Crippen molar-refractivity contribution in [3.8, 4) is 0 Å². The summed E-state index contributed by atoms with van der Waals surface area (Å²) in [6.07, 6.45) is 5.67. The summed E-state index contributed by atoms with van der Waals surface area (Å²) in [6, 6.07) is 6.24. The Hall–Kier alpha value is -2.50. The second-order valence-electron chi connectivity index (χ2n) is 6.40.